The highest BCUT2D eigenvalue weighted by Crippen LogP contribution is 2.27. The van der Waals surface area contributed by atoms with Gasteiger partial charge < -0.3 is 15.9 Å². The Morgan fingerprint density at radius 2 is 1.58 bits per heavy atom. The van der Waals surface area contributed by atoms with E-state index < -0.39 is 0 Å². The van der Waals surface area contributed by atoms with Crippen molar-refractivity contribution in [2.75, 3.05) is 13.1 Å². The predicted molar refractivity (Wildman–Crippen MR) is 78.9 cm³/mol. The van der Waals surface area contributed by atoms with Gasteiger partial charge in [-0.3, -0.25) is 0 Å². The largest absolute Gasteiger partial charge is 0.461 e. The van der Waals surface area contributed by atoms with Crippen LogP contribution in [0.3, 0.4) is 0 Å². The third-order valence-electron chi connectivity index (χ3n) is 3.22. The second kappa shape index (κ2) is 7.12. The molecule has 1 heterocycles. The molecular weight excluding hydrogens is 236 g/mol. The fourth-order valence-corrected chi connectivity index (χ4v) is 2.20. The fourth-order valence-electron chi connectivity index (χ4n) is 2.20. The van der Waals surface area contributed by atoms with Gasteiger partial charge in [-0.15, -0.1) is 0 Å². The summed E-state index contributed by atoms with van der Waals surface area (Å²) in [4.78, 5) is 0. The first kappa shape index (κ1) is 13.8. The smallest absolute Gasteiger partial charge is 0.134 e. The van der Waals surface area contributed by atoms with Crippen molar-refractivity contribution in [1.82, 2.24) is 0 Å². The van der Waals surface area contributed by atoms with E-state index in [-0.39, 0.29) is 0 Å². The van der Waals surface area contributed by atoms with Crippen LogP contribution in [0.5, 0.6) is 0 Å². The van der Waals surface area contributed by atoms with E-state index in [1.54, 1.807) is 0 Å². The molecule has 0 atom stereocenters. The summed E-state index contributed by atoms with van der Waals surface area (Å²) >= 11 is 0. The van der Waals surface area contributed by atoms with Gasteiger partial charge in [0.25, 0.3) is 0 Å². The number of benzene rings is 1. The molecule has 1 aromatic carbocycles. The van der Waals surface area contributed by atoms with Gasteiger partial charge in [0, 0.05) is 12.0 Å². The maximum atomic E-state index is 5.91. The Kier molecular flexibility index (Phi) is 5.19. The van der Waals surface area contributed by atoms with Gasteiger partial charge in [-0.2, -0.15) is 0 Å². The molecule has 0 fully saturated rings. The summed E-state index contributed by atoms with van der Waals surface area (Å²) in [6.07, 6.45) is 3.85. The molecule has 0 aliphatic rings. The van der Waals surface area contributed by atoms with Crippen LogP contribution in [0.4, 0.5) is 0 Å². The molecule has 0 aliphatic carbocycles. The third-order valence-corrected chi connectivity index (χ3v) is 3.22. The van der Waals surface area contributed by atoms with Gasteiger partial charge in [0.05, 0.1) is 0 Å². The maximum Gasteiger partial charge on any atom is 0.134 e. The van der Waals surface area contributed by atoms with Crippen molar-refractivity contribution >= 4 is 0 Å². The molecule has 3 heteroatoms. The molecule has 0 spiro atoms. The van der Waals surface area contributed by atoms with Crippen LogP contribution in [0.2, 0.25) is 0 Å². The van der Waals surface area contributed by atoms with Crippen LogP contribution in [0.1, 0.15) is 24.2 Å². The Balaban J connectivity index is 2.18. The number of aryl methyl sites for hydroxylation is 2. The van der Waals surface area contributed by atoms with Gasteiger partial charge in [0.2, 0.25) is 0 Å². The van der Waals surface area contributed by atoms with Gasteiger partial charge in [-0.25, -0.2) is 0 Å². The summed E-state index contributed by atoms with van der Waals surface area (Å²) in [5.41, 5.74) is 13.6. The average Bonchev–Trinajstić information content (AvgIpc) is 2.92. The molecular formula is C16H22N2O. The van der Waals surface area contributed by atoms with Crippen molar-refractivity contribution < 1.29 is 4.42 Å². The highest BCUT2D eigenvalue weighted by atomic mass is 16.3. The van der Waals surface area contributed by atoms with Crippen LogP contribution in [0.25, 0.3) is 11.3 Å². The summed E-state index contributed by atoms with van der Waals surface area (Å²) in [6.45, 7) is 1.41. The Labute approximate surface area is 114 Å². The lowest BCUT2D eigenvalue weighted by molar-refractivity contribution is 0.515. The fraction of sp³-hybridized carbons (Fsp3) is 0.375. The minimum Gasteiger partial charge on any atom is -0.461 e. The highest BCUT2D eigenvalue weighted by molar-refractivity contribution is 5.62. The second-order valence-corrected chi connectivity index (χ2v) is 4.71. The summed E-state index contributed by atoms with van der Waals surface area (Å²) in [5.74, 6) is 1.95. The molecule has 0 saturated carbocycles. The topological polar surface area (TPSA) is 65.2 Å². The molecule has 3 nitrogen and oxygen atoms in total. The zero-order valence-electron chi connectivity index (χ0n) is 11.3. The number of hydrogen-bond donors (Lipinski definition) is 2. The highest BCUT2D eigenvalue weighted by Gasteiger charge is 2.08. The van der Waals surface area contributed by atoms with Gasteiger partial charge in [0.15, 0.2) is 0 Å². The van der Waals surface area contributed by atoms with E-state index in [0.29, 0.717) is 13.1 Å². The van der Waals surface area contributed by atoms with Gasteiger partial charge in [0.1, 0.15) is 11.5 Å². The molecule has 102 valence electrons. The van der Waals surface area contributed by atoms with Gasteiger partial charge in [-0.1, -0.05) is 24.3 Å². The minimum absolute atomic E-state index is 0.698. The zero-order chi connectivity index (χ0) is 13.5. The summed E-state index contributed by atoms with van der Waals surface area (Å²) < 4.78 is 5.91. The Morgan fingerprint density at radius 1 is 0.842 bits per heavy atom. The first-order valence-corrected chi connectivity index (χ1v) is 6.92. The van der Waals surface area contributed by atoms with E-state index in [1.165, 1.54) is 11.1 Å². The van der Waals surface area contributed by atoms with Crippen LogP contribution in [0.15, 0.2) is 40.8 Å². The number of furan rings is 1. The van der Waals surface area contributed by atoms with E-state index in [9.17, 15) is 0 Å². The van der Waals surface area contributed by atoms with E-state index in [2.05, 4.69) is 18.2 Å². The molecule has 0 unspecified atom stereocenters. The van der Waals surface area contributed by atoms with E-state index in [1.807, 2.05) is 18.2 Å². The normalized spacial score (nSPS) is 10.8. The van der Waals surface area contributed by atoms with Crippen LogP contribution in [-0.4, -0.2) is 13.1 Å². The van der Waals surface area contributed by atoms with E-state index in [0.717, 1.165) is 37.2 Å². The first-order chi connectivity index (χ1) is 9.35. The van der Waals surface area contributed by atoms with Crippen LogP contribution in [-0.2, 0) is 12.8 Å². The van der Waals surface area contributed by atoms with Crippen LogP contribution in [0, 0.1) is 0 Å². The zero-order valence-corrected chi connectivity index (χ0v) is 11.3. The Morgan fingerprint density at radius 3 is 2.37 bits per heavy atom. The third kappa shape index (κ3) is 3.69. The van der Waals surface area contributed by atoms with Gasteiger partial charge in [-0.05, 0) is 50.0 Å². The number of hydrogen-bond acceptors (Lipinski definition) is 3. The Bertz CT molecular complexity index is 505. The van der Waals surface area contributed by atoms with Crippen molar-refractivity contribution in [2.24, 2.45) is 11.5 Å². The molecule has 4 N–H and O–H groups in total. The lowest BCUT2D eigenvalue weighted by Crippen LogP contribution is -2.01. The standard InChI is InChI=1S/C16H22N2O/c17-11-3-6-13-5-1-2-8-15(13)16-10-9-14(19-16)7-4-12-18/h1-2,5,8-10H,3-4,6-7,11-12,17-18H2. The van der Waals surface area contributed by atoms with Crippen molar-refractivity contribution in [3.8, 4) is 11.3 Å². The molecule has 2 rings (SSSR count). The summed E-state index contributed by atoms with van der Waals surface area (Å²) in [6, 6.07) is 12.5. The van der Waals surface area contributed by atoms with Crippen molar-refractivity contribution in [1.29, 1.82) is 0 Å². The lowest BCUT2D eigenvalue weighted by atomic mass is 10.0. The SMILES string of the molecule is NCCCc1ccc(-c2ccccc2CCCN)o1. The van der Waals surface area contributed by atoms with E-state index in [4.69, 9.17) is 15.9 Å². The summed E-state index contributed by atoms with van der Waals surface area (Å²) in [7, 11) is 0. The van der Waals surface area contributed by atoms with Crippen molar-refractivity contribution in [3.05, 3.63) is 47.7 Å². The van der Waals surface area contributed by atoms with Crippen molar-refractivity contribution in [2.45, 2.75) is 25.7 Å². The number of nitrogens with two attached hydrogens (primary N) is 2. The molecule has 19 heavy (non-hydrogen) atoms. The van der Waals surface area contributed by atoms with Crippen LogP contribution < -0.4 is 11.5 Å². The first-order valence-electron chi connectivity index (χ1n) is 6.92. The molecule has 0 radical (unpaired) electrons. The maximum absolute atomic E-state index is 5.91. The monoisotopic (exact) mass is 258 g/mol. The molecule has 1 aromatic heterocycles. The average molecular weight is 258 g/mol. The van der Waals surface area contributed by atoms with Crippen LogP contribution >= 0.6 is 0 Å². The molecule has 0 bridgehead atoms. The number of rotatable bonds is 7. The molecule has 0 amide bonds. The second-order valence-electron chi connectivity index (χ2n) is 4.71. The molecule has 0 saturated heterocycles. The van der Waals surface area contributed by atoms with Gasteiger partial charge >= 0.3 is 0 Å². The molecule has 2 aromatic rings. The minimum atomic E-state index is 0.698. The predicted octanol–water partition coefficient (Wildman–Crippen LogP) is 2.73. The quantitative estimate of drug-likeness (QED) is 0.802. The lowest BCUT2D eigenvalue weighted by Gasteiger charge is -2.06. The molecule has 0 aliphatic heterocycles. The Hall–Kier alpha value is -1.58. The van der Waals surface area contributed by atoms with Crippen molar-refractivity contribution in [3.63, 3.8) is 0 Å². The summed E-state index contributed by atoms with van der Waals surface area (Å²) in [5, 5.41) is 0. The van der Waals surface area contributed by atoms with E-state index >= 15 is 0 Å².